The summed E-state index contributed by atoms with van der Waals surface area (Å²) in [6, 6.07) is 9.22. The Balaban J connectivity index is 1.97. The Morgan fingerprint density at radius 1 is 1.17 bits per heavy atom. The molecule has 0 aliphatic rings. The number of rotatable bonds is 6. The lowest BCUT2D eigenvalue weighted by atomic mass is 10.2. The molecule has 0 radical (unpaired) electrons. The molecule has 9 heteroatoms. The number of benzene rings is 2. The first kappa shape index (κ1) is 18.2. The number of carbonyl (C=O) groups is 1. The largest absolute Gasteiger partial charge is 0.487 e. The van der Waals surface area contributed by atoms with Gasteiger partial charge in [-0.2, -0.15) is 0 Å². The van der Waals surface area contributed by atoms with Crippen LogP contribution in [0, 0.1) is 5.82 Å². The Hall–Kier alpha value is -2.16. The number of ether oxygens (including phenoxy) is 2. The highest BCUT2D eigenvalue weighted by atomic mass is 35.5. The predicted molar refractivity (Wildman–Crippen MR) is 85.0 cm³/mol. The number of hydrogen-bond donors (Lipinski definition) is 1. The van der Waals surface area contributed by atoms with Crippen LogP contribution in [0.3, 0.4) is 0 Å². The summed E-state index contributed by atoms with van der Waals surface area (Å²) in [5.74, 6) is -1.35. The number of nitrogens with two attached hydrogens (primary N) is 1. The molecule has 2 aromatic carbocycles. The zero-order valence-corrected chi connectivity index (χ0v) is 13.8. The maximum Gasteiger partial charge on any atom is 0.339 e. The van der Waals surface area contributed by atoms with Gasteiger partial charge in [0, 0.05) is 0 Å². The Morgan fingerprint density at radius 3 is 2.54 bits per heavy atom. The third-order valence-corrected chi connectivity index (χ3v) is 4.14. The number of halogens is 2. The van der Waals surface area contributed by atoms with Crippen molar-refractivity contribution in [1.29, 1.82) is 0 Å². The van der Waals surface area contributed by atoms with E-state index in [4.69, 9.17) is 26.2 Å². The van der Waals surface area contributed by atoms with Crippen LogP contribution in [-0.2, 0) is 14.8 Å². The Kier molecular flexibility index (Phi) is 5.76. The third kappa shape index (κ3) is 4.67. The fourth-order valence-electron chi connectivity index (χ4n) is 1.76. The van der Waals surface area contributed by atoms with E-state index >= 15 is 0 Å². The quantitative estimate of drug-likeness (QED) is 0.619. The fourth-order valence-corrected chi connectivity index (χ4v) is 2.50. The summed E-state index contributed by atoms with van der Waals surface area (Å²) in [4.78, 5) is 11.7. The molecule has 24 heavy (non-hydrogen) atoms. The van der Waals surface area contributed by atoms with Crippen molar-refractivity contribution in [3.05, 3.63) is 58.9 Å². The number of hydrogen-bond acceptors (Lipinski definition) is 5. The minimum atomic E-state index is -3.97. The molecular formula is C15H13ClFNO5S. The molecule has 0 atom stereocenters. The molecule has 0 heterocycles. The molecule has 2 aromatic rings. The molecule has 128 valence electrons. The summed E-state index contributed by atoms with van der Waals surface area (Å²) >= 11 is 5.85. The Morgan fingerprint density at radius 2 is 1.88 bits per heavy atom. The minimum Gasteiger partial charge on any atom is -0.487 e. The van der Waals surface area contributed by atoms with Crippen molar-refractivity contribution in [2.24, 2.45) is 5.14 Å². The fraction of sp³-hybridized carbons (Fsp3) is 0.133. The van der Waals surface area contributed by atoms with E-state index in [1.807, 2.05) is 0 Å². The zero-order valence-electron chi connectivity index (χ0n) is 12.2. The lowest BCUT2D eigenvalue weighted by Crippen LogP contribution is -2.16. The van der Waals surface area contributed by atoms with Gasteiger partial charge in [0.1, 0.15) is 13.2 Å². The molecule has 0 spiro atoms. The molecule has 0 aromatic heterocycles. The number of esters is 1. The van der Waals surface area contributed by atoms with Crippen LogP contribution in [0.5, 0.6) is 5.75 Å². The van der Waals surface area contributed by atoms with Crippen LogP contribution in [0.2, 0.25) is 5.02 Å². The van der Waals surface area contributed by atoms with Crippen LogP contribution >= 0.6 is 11.6 Å². The van der Waals surface area contributed by atoms with E-state index < -0.39 is 21.8 Å². The van der Waals surface area contributed by atoms with Crippen molar-refractivity contribution >= 4 is 27.6 Å². The maximum absolute atomic E-state index is 13.3. The van der Waals surface area contributed by atoms with E-state index in [1.54, 1.807) is 6.07 Å². The van der Waals surface area contributed by atoms with E-state index in [9.17, 15) is 17.6 Å². The van der Waals surface area contributed by atoms with E-state index in [0.717, 1.165) is 6.07 Å². The van der Waals surface area contributed by atoms with Gasteiger partial charge in [-0.15, -0.1) is 0 Å². The topological polar surface area (TPSA) is 95.7 Å². The van der Waals surface area contributed by atoms with Gasteiger partial charge in [0.25, 0.3) is 0 Å². The summed E-state index contributed by atoms with van der Waals surface area (Å²) in [6.45, 7) is -0.262. The van der Waals surface area contributed by atoms with Gasteiger partial charge >= 0.3 is 5.97 Å². The van der Waals surface area contributed by atoms with Gasteiger partial charge in [0.2, 0.25) is 10.0 Å². The molecule has 0 unspecified atom stereocenters. The highest BCUT2D eigenvalue weighted by molar-refractivity contribution is 7.89. The van der Waals surface area contributed by atoms with Crippen LogP contribution < -0.4 is 9.88 Å². The minimum absolute atomic E-state index is 0.0161. The van der Waals surface area contributed by atoms with Gasteiger partial charge in [-0.3, -0.25) is 0 Å². The monoisotopic (exact) mass is 373 g/mol. The van der Waals surface area contributed by atoms with Crippen molar-refractivity contribution < 1.29 is 27.1 Å². The Labute approximate surface area is 143 Å². The molecule has 0 aliphatic heterocycles. The van der Waals surface area contributed by atoms with Crippen molar-refractivity contribution in [2.45, 2.75) is 4.90 Å². The van der Waals surface area contributed by atoms with Crippen molar-refractivity contribution in [2.75, 3.05) is 13.2 Å². The van der Waals surface area contributed by atoms with E-state index in [-0.39, 0.29) is 34.4 Å². The molecule has 6 nitrogen and oxygen atoms in total. The molecule has 0 amide bonds. The van der Waals surface area contributed by atoms with Gasteiger partial charge in [-0.1, -0.05) is 23.7 Å². The molecule has 0 aliphatic carbocycles. The van der Waals surface area contributed by atoms with Crippen molar-refractivity contribution in [3.8, 4) is 5.75 Å². The number of sulfonamides is 1. The summed E-state index contributed by atoms with van der Waals surface area (Å²) in [7, 11) is -3.97. The highest BCUT2D eigenvalue weighted by Crippen LogP contribution is 2.21. The smallest absolute Gasteiger partial charge is 0.339 e. The van der Waals surface area contributed by atoms with Gasteiger partial charge in [0.05, 0.1) is 15.5 Å². The first-order valence-electron chi connectivity index (χ1n) is 6.66. The van der Waals surface area contributed by atoms with Gasteiger partial charge < -0.3 is 9.47 Å². The lowest BCUT2D eigenvalue weighted by molar-refractivity contribution is 0.0448. The number of para-hydroxylation sites is 1. The standard InChI is InChI=1S/C15H13ClFNO5S/c16-12-6-5-10(24(18,20)21)9-11(12)15(19)23-8-7-22-14-4-2-1-3-13(14)17/h1-6,9H,7-8H2,(H2,18,20,21). The van der Waals surface area contributed by atoms with Crippen LogP contribution in [0.15, 0.2) is 47.4 Å². The lowest BCUT2D eigenvalue weighted by Gasteiger charge is -2.09. The van der Waals surface area contributed by atoms with Crippen LogP contribution in [0.4, 0.5) is 4.39 Å². The molecule has 0 fully saturated rings. The van der Waals surface area contributed by atoms with Crippen LogP contribution in [0.25, 0.3) is 0 Å². The molecule has 2 rings (SSSR count). The zero-order chi connectivity index (χ0) is 17.7. The molecule has 0 bridgehead atoms. The van der Waals surface area contributed by atoms with Gasteiger partial charge in [0.15, 0.2) is 11.6 Å². The predicted octanol–water partition coefficient (Wildman–Crippen LogP) is 2.36. The highest BCUT2D eigenvalue weighted by Gasteiger charge is 2.17. The molecule has 0 saturated heterocycles. The van der Waals surface area contributed by atoms with Crippen molar-refractivity contribution in [1.82, 2.24) is 0 Å². The second kappa shape index (κ2) is 7.61. The molecule has 2 N–H and O–H groups in total. The first-order chi connectivity index (χ1) is 11.3. The summed E-state index contributed by atoms with van der Waals surface area (Å²) in [5, 5.41) is 5.01. The average Bonchev–Trinajstić information content (AvgIpc) is 2.52. The average molecular weight is 374 g/mol. The van der Waals surface area contributed by atoms with E-state index in [1.165, 1.54) is 30.3 Å². The number of primary sulfonamides is 1. The summed E-state index contributed by atoms with van der Waals surface area (Å²) in [6.07, 6.45) is 0. The molecular weight excluding hydrogens is 361 g/mol. The SMILES string of the molecule is NS(=O)(=O)c1ccc(Cl)c(C(=O)OCCOc2ccccc2F)c1. The summed E-state index contributed by atoms with van der Waals surface area (Å²) in [5.41, 5.74) is -0.144. The maximum atomic E-state index is 13.3. The van der Waals surface area contributed by atoms with E-state index in [0.29, 0.717) is 0 Å². The number of carbonyl (C=O) groups excluding carboxylic acids is 1. The van der Waals surface area contributed by atoms with E-state index in [2.05, 4.69) is 0 Å². The second-order valence-corrected chi connectivity index (χ2v) is 6.57. The third-order valence-electron chi connectivity index (χ3n) is 2.90. The van der Waals surface area contributed by atoms with Gasteiger partial charge in [-0.05, 0) is 30.3 Å². The normalized spacial score (nSPS) is 11.1. The van der Waals surface area contributed by atoms with Crippen LogP contribution in [-0.4, -0.2) is 27.6 Å². The summed E-state index contributed by atoms with van der Waals surface area (Å²) < 4.78 is 46.0. The van der Waals surface area contributed by atoms with Gasteiger partial charge in [-0.25, -0.2) is 22.7 Å². The molecule has 0 saturated carbocycles. The Bertz CT molecular complexity index is 857. The first-order valence-corrected chi connectivity index (χ1v) is 8.58. The van der Waals surface area contributed by atoms with Crippen molar-refractivity contribution in [3.63, 3.8) is 0 Å². The van der Waals surface area contributed by atoms with Crippen LogP contribution in [0.1, 0.15) is 10.4 Å². The second-order valence-electron chi connectivity index (χ2n) is 4.60.